The molecule has 9 rings (SSSR count). The van der Waals surface area contributed by atoms with Crippen LogP contribution < -0.4 is 25.1 Å². The van der Waals surface area contributed by atoms with Gasteiger partial charge < -0.3 is 33.9 Å². The summed E-state index contributed by atoms with van der Waals surface area (Å²) in [6, 6.07) is 1.45. The normalized spacial score (nSPS) is 26.8. The quantitative estimate of drug-likeness (QED) is 0.338. The van der Waals surface area contributed by atoms with Crippen LogP contribution in [0.1, 0.15) is 75.3 Å². The second kappa shape index (κ2) is 12.1. The zero-order valence-electron chi connectivity index (χ0n) is 29.5. The molecule has 2 aliphatic heterocycles. The predicted octanol–water partition coefficient (Wildman–Crippen LogP) is 3.02. The molecule has 2 amide bonds. The number of piperazine rings is 1. The van der Waals surface area contributed by atoms with Crippen molar-refractivity contribution in [2.24, 2.45) is 11.3 Å². The molecule has 14 nitrogen and oxygen atoms in total. The van der Waals surface area contributed by atoms with E-state index >= 15 is 0 Å². The Kier molecular flexibility index (Phi) is 7.92. The Labute approximate surface area is 290 Å². The second-order valence-corrected chi connectivity index (χ2v) is 14.9. The molecule has 5 heterocycles. The number of nitrogens with one attached hydrogen (secondary N) is 1. The van der Waals surface area contributed by atoms with E-state index in [9.17, 15) is 14.4 Å². The highest BCUT2D eigenvalue weighted by Gasteiger charge is 2.69. The molecule has 14 heteroatoms. The number of nitrogens with zero attached hydrogens (tertiary/aromatic N) is 7. The Hall–Kier alpha value is -4.46. The summed E-state index contributed by atoms with van der Waals surface area (Å²) in [5.41, 5.74) is 3.13. The maximum atomic E-state index is 14.6. The summed E-state index contributed by atoms with van der Waals surface area (Å²) in [7, 11) is 3.01. The number of aromatic nitrogens is 5. The average Bonchev–Trinajstić information content (AvgIpc) is 3.52. The Balaban J connectivity index is 1.15. The smallest absolute Gasteiger partial charge is 0.263 e. The van der Waals surface area contributed by atoms with Crippen molar-refractivity contribution in [3.63, 3.8) is 0 Å². The topological polar surface area (TPSA) is 146 Å². The van der Waals surface area contributed by atoms with Crippen molar-refractivity contribution in [2.75, 3.05) is 45.4 Å². The van der Waals surface area contributed by atoms with Gasteiger partial charge in [0.25, 0.3) is 5.91 Å². The Bertz CT molecular complexity index is 1920. The SMILES string of the molecule is CCc1c(N2CCN(C(=O)c3c(OC)ccnc3OC)[C@H]3CC[C@@H]32)c(=O)c2nn(C3=CCOCC3)nc2n1CC(=O)NC12CC(C(C)C)(C1)C2. The van der Waals surface area contributed by atoms with Gasteiger partial charge in [0.1, 0.15) is 23.5 Å². The summed E-state index contributed by atoms with van der Waals surface area (Å²) in [5, 5.41) is 12.9. The summed E-state index contributed by atoms with van der Waals surface area (Å²) in [4.78, 5) is 52.3. The molecule has 4 aliphatic carbocycles. The molecule has 2 atom stereocenters. The van der Waals surface area contributed by atoms with E-state index in [1.54, 1.807) is 12.3 Å². The van der Waals surface area contributed by atoms with Crippen LogP contribution in [0.5, 0.6) is 11.6 Å². The fraction of sp³-hybridized carbons (Fsp3) is 0.611. The minimum Gasteiger partial charge on any atom is -0.496 e. The highest BCUT2D eigenvalue weighted by molar-refractivity contribution is 5.99. The van der Waals surface area contributed by atoms with Crippen LogP contribution in [-0.4, -0.2) is 99.4 Å². The van der Waals surface area contributed by atoms with Gasteiger partial charge in [-0.3, -0.25) is 14.4 Å². The zero-order valence-corrected chi connectivity index (χ0v) is 29.5. The van der Waals surface area contributed by atoms with Gasteiger partial charge in [-0.2, -0.15) is 4.80 Å². The molecule has 0 radical (unpaired) electrons. The molecule has 3 aromatic heterocycles. The molecule has 3 aromatic rings. The summed E-state index contributed by atoms with van der Waals surface area (Å²) < 4.78 is 18.4. The number of hydrogen-bond acceptors (Lipinski definition) is 10. The zero-order chi connectivity index (χ0) is 34.9. The molecule has 0 aromatic carbocycles. The van der Waals surface area contributed by atoms with Gasteiger partial charge in [-0.15, -0.1) is 10.2 Å². The number of ether oxygens (including phenoxy) is 3. The van der Waals surface area contributed by atoms with Crippen molar-refractivity contribution in [3.05, 3.63) is 39.8 Å². The number of amides is 2. The number of carbonyl (C=O) groups is 2. The average molecular weight is 687 g/mol. The number of rotatable bonds is 10. The van der Waals surface area contributed by atoms with Crippen molar-refractivity contribution in [3.8, 4) is 11.6 Å². The van der Waals surface area contributed by atoms with Gasteiger partial charge in [0.2, 0.25) is 17.2 Å². The van der Waals surface area contributed by atoms with E-state index in [1.807, 2.05) is 22.5 Å². The summed E-state index contributed by atoms with van der Waals surface area (Å²) in [6.07, 6.45) is 9.28. The Morgan fingerprint density at radius 3 is 2.52 bits per heavy atom. The number of fused-ring (bicyclic) bond motifs is 2. The van der Waals surface area contributed by atoms with E-state index < -0.39 is 0 Å². The predicted molar refractivity (Wildman–Crippen MR) is 185 cm³/mol. The van der Waals surface area contributed by atoms with Crippen LogP contribution in [0.25, 0.3) is 16.9 Å². The monoisotopic (exact) mass is 686 g/mol. The molecular weight excluding hydrogens is 640 g/mol. The van der Waals surface area contributed by atoms with Crippen LogP contribution in [-0.2, 0) is 22.5 Å². The Morgan fingerprint density at radius 2 is 1.88 bits per heavy atom. The fourth-order valence-corrected chi connectivity index (χ4v) is 9.23. The highest BCUT2D eigenvalue weighted by Crippen LogP contribution is 2.70. The summed E-state index contributed by atoms with van der Waals surface area (Å²) in [6.45, 7) is 8.41. The third-order valence-electron chi connectivity index (χ3n) is 12.1. The number of methoxy groups -OCH3 is 2. The van der Waals surface area contributed by atoms with Crippen LogP contribution in [0, 0.1) is 11.3 Å². The largest absolute Gasteiger partial charge is 0.496 e. The molecule has 1 N–H and O–H groups in total. The van der Waals surface area contributed by atoms with Crippen LogP contribution >= 0.6 is 0 Å². The number of anilines is 1. The van der Waals surface area contributed by atoms with Crippen LogP contribution in [0.15, 0.2) is 23.1 Å². The van der Waals surface area contributed by atoms with Crippen molar-refractivity contribution >= 4 is 34.4 Å². The number of pyridine rings is 2. The van der Waals surface area contributed by atoms with Gasteiger partial charge in [-0.25, -0.2) is 4.98 Å². The third-order valence-corrected chi connectivity index (χ3v) is 12.1. The molecular formula is C36H46N8O6. The second-order valence-electron chi connectivity index (χ2n) is 14.9. The molecule has 0 spiro atoms. The van der Waals surface area contributed by atoms with Gasteiger partial charge in [-0.1, -0.05) is 20.8 Å². The maximum absolute atomic E-state index is 14.6. The van der Waals surface area contributed by atoms with Crippen molar-refractivity contribution in [1.29, 1.82) is 0 Å². The van der Waals surface area contributed by atoms with E-state index in [0.29, 0.717) is 73.1 Å². The molecule has 5 fully saturated rings. The van der Waals surface area contributed by atoms with E-state index in [4.69, 9.17) is 24.4 Å². The fourth-order valence-electron chi connectivity index (χ4n) is 9.23. The maximum Gasteiger partial charge on any atom is 0.263 e. The summed E-state index contributed by atoms with van der Waals surface area (Å²) in [5.74, 6) is 0.934. The summed E-state index contributed by atoms with van der Waals surface area (Å²) >= 11 is 0. The van der Waals surface area contributed by atoms with Crippen LogP contribution in [0.4, 0.5) is 5.69 Å². The van der Waals surface area contributed by atoms with Gasteiger partial charge in [0.15, 0.2) is 11.2 Å². The molecule has 1 saturated heterocycles. The van der Waals surface area contributed by atoms with Crippen LogP contribution in [0.3, 0.4) is 0 Å². The van der Waals surface area contributed by atoms with Crippen molar-refractivity contribution in [2.45, 2.75) is 89.9 Å². The molecule has 50 heavy (non-hydrogen) atoms. The van der Waals surface area contributed by atoms with E-state index in [2.05, 4.69) is 29.0 Å². The first-order valence-electron chi connectivity index (χ1n) is 17.9. The lowest BCUT2D eigenvalue weighted by Crippen LogP contribution is -2.76. The standard InChI is InChI=1S/C36H46N8O6/c1-6-23-30(41-13-14-42(25-8-7-24(25)41)34(47)28-26(48-4)9-12-37-33(28)49-5)31(46)29-32(40-44(39-29)22-10-15-50-16-11-22)43(23)17-27(45)38-36-18-35(19-36,20-36)21(2)3/h9-10,12,21,24-25H,6-8,11,13-20H2,1-5H3,(H,38,45)/t24-,25-,35?,36?/m0/s1. The number of carbonyl (C=O) groups excluding carboxylic acids is 2. The van der Waals surface area contributed by atoms with Crippen molar-refractivity contribution in [1.82, 2.24) is 34.8 Å². The first-order valence-corrected chi connectivity index (χ1v) is 17.9. The van der Waals surface area contributed by atoms with Gasteiger partial charge in [0, 0.05) is 43.0 Å². The minimum absolute atomic E-state index is 0.0391. The van der Waals surface area contributed by atoms with E-state index in [-0.39, 0.29) is 52.8 Å². The Morgan fingerprint density at radius 1 is 1.10 bits per heavy atom. The lowest BCUT2D eigenvalue weighted by molar-refractivity contribution is -0.187. The minimum atomic E-state index is -0.207. The third kappa shape index (κ3) is 4.92. The number of hydrogen-bond donors (Lipinski definition) is 1. The molecule has 266 valence electrons. The van der Waals surface area contributed by atoms with Gasteiger partial charge >= 0.3 is 0 Å². The highest BCUT2D eigenvalue weighted by atomic mass is 16.5. The first-order chi connectivity index (χ1) is 24.1. The van der Waals surface area contributed by atoms with Gasteiger partial charge in [0.05, 0.1) is 39.2 Å². The van der Waals surface area contributed by atoms with Gasteiger partial charge in [-0.05, 0) is 62.0 Å². The first kappa shape index (κ1) is 32.7. The van der Waals surface area contributed by atoms with E-state index in [0.717, 1.165) is 43.5 Å². The van der Waals surface area contributed by atoms with Crippen molar-refractivity contribution < 1.29 is 23.8 Å². The molecule has 2 bridgehead atoms. The lowest BCUT2D eigenvalue weighted by atomic mass is 9.36. The molecule has 0 unspecified atom stereocenters. The molecule has 4 saturated carbocycles. The van der Waals surface area contributed by atoms with E-state index in [1.165, 1.54) is 19.0 Å². The lowest BCUT2D eigenvalue weighted by Gasteiger charge is -2.72. The van der Waals surface area contributed by atoms with Crippen LogP contribution in [0.2, 0.25) is 0 Å². The molecule has 6 aliphatic rings.